The molecule has 0 radical (unpaired) electrons. The van der Waals surface area contributed by atoms with E-state index >= 15 is 0 Å². The minimum atomic E-state index is -0.469. The third kappa shape index (κ3) is 4.04. The Morgan fingerprint density at radius 3 is 2.57 bits per heavy atom. The zero-order valence-electron chi connectivity index (χ0n) is 12.6. The van der Waals surface area contributed by atoms with Gasteiger partial charge in [0.1, 0.15) is 0 Å². The minimum absolute atomic E-state index is 0.0177. The molecule has 1 saturated heterocycles. The molecule has 5 heteroatoms. The van der Waals surface area contributed by atoms with E-state index in [0.717, 1.165) is 19.5 Å². The summed E-state index contributed by atoms with van der Waals surface area (Å²) in [7, 11) is 0. The van der Waals surface area contributed by atoms with Crippen molar-refractivity contribution in [3.05, 3.63) is 29.8 Å². The first kappa shape index (κ1) is 15.5. The number of hydrogen-bond donors (Lipinski definition) is 2. The van der Waals surface area contributed by atoms with Gasteiger partial charge in [-0.3, -0.25) is 14.5 Å². The molecule has 5 nitrogen and oxygen atoms in total. The maximum Gasteiger partial charge on any atom is 0.248 e. The predicted octanol–water partition coefficient (Wildman–Crippen LogP) is 1.84. The summed E-state index contributed by atoms with van der Waals surface area (Å²) in [5.74, 6) is 0.156. The summed E-state index contributed by atoms with van der Waals surface area (Å²) in [6.45, 7) is 6.10. The molecule has 2 rings (SSSR count). The van der Waals surface area contributed by atoms with Crippen LogP contribution in [0.25, 0.3) is 0 Å². The van der Waals surface area contributed by atoms with Crippen LogP contribution >= 0.6 is 0 Å². The highest BCUT2D eigenvalue weighted by Gasteiger charge is 2.25. The van der Waals surface area contributed by atoms with Crippen molar-refractivity contribution < 1.29 is 9.59 Å². The number of nitrogens with zero attached hydrogens (tertiary/aromatic N) is 1. The van der Waals surface area contributed by atoms with Crippen molar-refractivity contribution in [1.29, 1.82) is 0 Å². The van der Waals surface area contributed by atoms with Crippen molar-refractivity contribution in [3.8, 4) is 0 Å². The van der Waals surface area contributed by atoms with Crippen LogP contribution in [-0.4, -0.2) is 35.8 Å². The van der Waals surface area contributed by atoms with E-state index in [2.05, 4.69) is 17.1 Å². The Kier molecular flexibility index (Phi) is 4.96. The number of carbonyl (C=O) groups excluding carboxylic acids is 2. The molecule has 1 aliphatic heterocycles. The van der Waals surface area contributed by atoms with Gasteiger partial charge in [0.15, 0.2) is 0 Å². The highest BCUT2D eigenvalue weighted by atomic mass is 16.2. The van der Waals surface area contributed by atoms with E-state index in [9.17, 15) is 9.59 Å². The van der Waals surface area contributed by atoms with Gasteiger partial charge in [-0.1, -0.05) is 6.92 Å². The molecule has 1 aliphatic rings. The Labute approximate surface area is 125 Å². The molecular weight excluding hydrogens is 266 g/mol. The van der Waals surface area contributed by atoms with Gasteiger partial charge in [-0.25, -0.2) is 0 Å². The number of nitrogens with one attached hydrogen (secondary N) is 1. The molecule has 1 aromatic rings. The average Bonchev–Trinajstić information content (AvgIpc) is 2.47. The maximum absolute atomic E-state index is 12.3. The van der Waals surface area contributed by atoms with E-state index in [1.807, 2.05) is 6.92 Å². The van der Waals surface area contributed by atoms with Crippen molar-refractivity contribution in [2.45, 2.75) is 32.7 Å². The molecule has 3 N–H and O–H groups in total. The van der Waals surface area contributed by atoms with Crippen molar-refractivity contribution in [2.24, 2.45) is 11.7 Å². The number of piperidine rings is 1. The second-order valence-electron chi connectivity index (χ2n) is 5.85. The van der Waals surface area contributed by atoms with Crippen LogP contribution in [0.5, 0.6) is 0 Å². The zero-order valence-corrected chi connectivity index (χ0v) is 12.6. The molecule has 114 valence electrons. The van der Waals surface area contributed by atoms with Crippen molar-refractivity contribution in [3.63, 3.8) is 0 Å². The smallest absolute Gasteiger partial charge is 0.248 e. The molecule has 21 heavy (non-hydrogen) atoms. The predicted molar refractivity (Wildman–Crippen MR) is 83.0 cm³/mol. The van der Waals surface area contributed by atoms with Crippen molar-refractivity contribution >= 4 is 17.5 Å². The topological polar surface area (TPSA) is 75.4 Å². The molecule has 1 aromatic carbocycles. The molecule has 0 unspecified atom stereocenters. The summed E-state index contributed by atoms with van der Waals surface area (Å²) in [6.07, 6.45) is 2.38. The van der Waals surface area contributed by atoms with Gasteiger partial charge in [-0.05, 0) is 56.5 Å². The zero-order chi connectivity index (χ0) is 15.4. The van der Waals surface area contributed by atoms with Gasteiger partial charge in [0.05, 0.1) is 6.04 Å². The lowest BCUT2D eigenvalue weighted by Crippen LogP contribution is -2.46. The van der Waals surface area contributed by atoms with Crippen LogP contribution in [0.1, 0.15) is 37.0 Å². The molecule has 1 fully saturated rings. The number of benzene rings is 1. The average molecular weight is 289 g/mol. The van der Waals surface area contributed by atoms with Crippen LogP contribution in [0.2, 0.25) is 0 Å². The Bertz CT molecular complexity index is 513. The normalized spacial score (nSPS) is 20.8. The third-order valence-electron chi connectivity index (χ3n) is 4.05. The number of likely N-dealkylation sites (tertiary alicyclic amines) is 1. The Balaban J connectivity index is 1.95. The number of carbonyl (C=O) groups is 2. The van der Waals surface area contributed by atoms with E-state index in [-0.39, 0.29) is 11.9 Å². The summed E-state index contributed by atoms with van der Waals surface area (Å²) in [4.78, 5) is 25.5. The van der Waals surface area contributed by atoms with Crippen LogP contribution in [0.4, 0.5) is 5.69 Å². The van der Waals surface area contributed by atoms with E-state index < -0.39 is 5.91 Å². The fraction of sp³-hybridized carbons (Fsp3) is 0.500. The fourth-order valence-electron chi connectivity index (χ4n) is 2.71. The molecule has 2 amide bonds. The first-order valence-corrected chi connectivity index (χ1v) is 7.42. The second kappa shape index (κ2) is 6.72. The lowest BCUT2D eigenvalue weighted by atomic mass is 9.99. The van der Waals surface area contributed by atoms with Crippen LogP contribution in [0, 0.1) is 5.92 Å². The van der Waals surface area contributed by atoms with Gasteiger partial charge in [-0.2, -0.15) is 0 Å². The van der Waals surface area contributed by atoms with E-state index in [1.54, 1.807) is 24.3 Å². The third-order valence-corrected chi connectivity index (χ3v) is 4.05. The number of amides is 2. The number of rotatable bonds is 4. The van der Waals surface area contributed by atoms with Crippen LogP contribution in [0.15, 0.2) is 24.3 Å². The van der Waals surface area contributed by atoms with Crippen molar-refractivity contribution in [1.82, 2.24) is 4.90 Å². The van der Waals surface area contributed by atoms with E-state index in [1.165, 1.54) is 6.42 Å². The van der Waals surface area contributed by atoms with Crippen molar-refractivity contribution in [2.75, 3.05) is 18.4 Å². The molecule has 2 atom stereocenters. The second-order valence-corrected chi connectivity index (χ2v) is 5.85. The number of nitrogens with two attached hydrogens (primary N) is 1. The molecule has 0 saturated carbocycles. The monoisotopic (exact) mass is 289 g/mol. The van der Waals surface area contributed by atoms with Gasteiger partial charge in [0.25, 0.3) is 0 Å². The summed E-state index contributed by atoms with van der Waals surface area (Å²) in [6, 6.07) is 6.48. The van der Waals surface area contributed by atoms with Gasteiger partial charge >= 0.3 is 0 Å². The van der Waals surface area contributed by atoms with Gasteiger partial charge in [-0.15, -0.1) is 0 Å². The summed E-state index contributed by atoms with van der Waals surface area (Å²) >= 11 is 0. The number of anilines is 1. The Hall–Kier alpha value is -1.88. The quantitative estimate of drug-likeness (QED) is 0.888. The van der Waals surface area contributed by atoms with Gasteiger partial charge in [0.2, 0.25) is 11.8 Å². The van der Waals surface area contributed by atoms with E-state index in [0.29, 0.717) is 17.2 Å². The van der Waals surface area contributed by atoms with E-state index in [4.69, 9.17) is 5.73 Å². The summed E-state index contributed by atoms with van der Waals surface area (Å²) < 4.78 is 0. The largest absolute Gasteiger partial charge is 0.366 e. The standard InChI is InChI=1S/C16H23N3O2/c1-11-4-3-9-19(10-11)12(2)16(21)18-14-7-5-13(6-8-14)15(17)20/h5-8,11-12H,3-4,9-10H2,1-2H3,(H2,17,20)(H,18,21)/t11-,12-/m1/s1. The van der Waals surface area contributed by atoms with Crippen LogP contribution in [-0.2, 0) is 4.79 Å². The fourth-order valence-corrected chi connectivity index (χ4v) is 2.71. The molecule has 0 aliphatic carbocycles. The Morgan fingerprint density at radius 2 is 2.00 bits per heavy atom. The SMILES string of the molecule is C[C@@H]1CCCN([C@H](C)C(=O)Nc2ccc(C(N)=O)cc2)C1. The number of primary amides is 1. The highest BCUT2D eigenvalue weighted by molar-refractivity contribution is 5.96. The maximum atomic E-state index is 12.3. The molecule has 0 spiro atoms. The van der Waals surface area contributed by atoms with Crippen LogP contribution in [0.3, 0.4) is 0 Å². The molecule has 0 aromatic heterocycles. The Morgan fingerprint density at radius 1 is 1.33 bits per heavy atom. The number of hydrogen-bond acceptors (Lipinski definition) is 3. The highest BCUT2D eigenvalue weighted by Crippen LogP contribution is 2.18. The molecule has 0 bridgehead atoms. The molecular formula is C16H23N3O2. The van der Waals surface area contributed by atoms with Gasteiger partial charge in [0, 0.05) is 17.8 Å². The first-order chi connectivity index (χ1) is 9.97. The lowest BCUT2D eigenvalue weighted by Gasteiger charge is -2.34. The first-order valence-electron chi connectivity index (χ1n) is 7.42. The molecule has 1 heterocycles. The van der Waals surface area contributed by atoms with Gasteiger partial charge < -0.3 is 11.1 Å². The summed E-state index contributed by atoms with van der Waals surface area (Å²) in [5.41, 5.74) is 6.31. The van der Waals surface area contributed by atoms with Crippen LogP contribution < -0.4 is 11.1 Å². The lowest BCUT2D eigenvalue weighted by molar-refractivity contribution is -0.121. The summed E-state index contributed by atoms with van der Waals surface area (Å²) in [5, 5.41) is 2.89. The minimum Gasteiger partial charge on any atom is -0.366 e.